The number of nitrogens with one attached hydrogen (secondary N) is 1. The molecule has 2 heterocycles. The minimum Gasteiger partial charge on any atom is -0.360 e. The molecule has 0 aliphatic heterocycles. The molecule has 2 aromatic heterocycles. The van der Waals surface area contributed by atoms with Crippen LogP contribution >= 0.6 is 39.0 Å². The molecule has 16 heavy (non-hydrogen) atoms. The molecule has 0 aliphatic carbocycles. The van der Waals surface area contributed by atoms with Crippen LogP contribution in [-0.2, 0) is 5.75 Å². The summed E-state index contributed by atoms with van der Waals surface area (Å²) in [6, 6.07) is 1.85. The second-order valence-electron chi connectivity index (χ2n) is 2.81. The Balaban J connectivity index is 1.89. The first kappa shape index (κ1) is 11.9. The second-order valence-corrected chi connectivity index (χ2v) is 5.82. The van der Waals surface area contributed by atoms with Crippen molar-refractivity contribution < 1.29 is 4.52 Å². The van der Waals surface area contributed by atoms with Crippen molar-refractivity contribution in [3.8, 4) is 0 Å². The van der Waals surface area contributed by atoms with Crippen molar-refractivity contribution in [1.82, 2.24) is 15.4 Å². The van der Waals surface area contributed by atoms with Gasteiger partial charge in [-0.05, 0) is 22.9 Å². The van der Waals surface area contributed by atoms with Crippen molar-refractivity contribution in [1.29, 1.82) is 0 Å². The number of hydrogen-bond acceptors (Lipinski definition) is 7. The van der Waals surface area contributed by atoms with E-state index in [1.54, 1.807) is 11.8 Å². The molecule has 0 saturated heterocycles. The summed E-state index contributed by atoms with van der Waals surface area (Å²) < 4.78 is 6.70. The molecular formula is C8H9BrN4OS2. The van der Waals surface area contributed by atoms with E-state index in [4.69, 9.17) is 4.52 Å². The zero-order valence-electron chi connectivity index (χ0n) is 8.44. The van der Waals surface area contributed by atoms with Crippen LogP contribution < -0.4 is 5.32 Å². The summed E-state index contributed by atoms with van der Waals surface area (Å²) in [6.45, 7) is 2.88. The predicted octanol–water partition coefficient (Wildman–Crippen LogP) is 3.01. The van der Waals surface area contributed by atoms with Crippen LogP contribution in [0.4, 0.5) is 5.13 Å². The summed E-state index contributed by atoms with van der Waals surface area (Å²) in [5.74, 6) is 1.52. The molecule has 0 spiro atoms. The predicted molar refractivity (Wildman–Crippen MR) is 67.8 cm³/mol. The van der Waals surface area contributed by atoms with Gasteiger partial charge in [-0.1, -0.05) is 28.3 Å². The fraction of sp³-hybridized carbons (Fsp3) is 0.375. The van der Waals surface area contributed by atoms with Crippen LogP contribution in [0, 0.1) is 0 Å². The summed E-state index contributed by atoms with van der Waals surface area (Å²) in [5.41, 5.74) is 0. The van der Waals surface area contributed by atoms with E-state index in [0.717, 1.165) is 21.8 Å². The van der Waals surface area contributed by atoms with Crippen molar-refractivity contribution in [3.05, 3.63) is 16.4 Å². The van der Waals surface area contributed by atoms with Crippen LogP contribution in [0.1, 0.15) is 12.7 Å². The molecule has 0 radical (unpaired) electrons. The van der Waals surface area contributed by atoms with E-state index in [2.05, 4.69) is 36.6 Å². The van der Waals surface area contributed by atoms with Gasteiger partial charge in [0.15, 0.2) is 4.34 Å². The van der Waals surface area contributed by atoms with Gasteiger partial charge in [-0.15, -0.1) is 10.2 Å². The third kappa shape index (κ3) is 3.19. The monoisotopic (exact) mass is 320 g/mol. The first-order valence-electron chi connectivity index (χ1n) is 4.59. The maximum atomic E-state index is 5.06. The Labute approximate surface area is 109 Å². The number of hydrogen-bond donors (Lipinski definition) is 1. The van der Waals surface area contributed by atoms with E-state index in [9.17, 15) is 0 Å². The molecule has 0 amide bonds. The molecule has 1 N–H and O–H groups in total. The van der Waals surface area contributed by atoms with E-state index >= 15 is 0 Å². The summed E-state index contributed by atoms with van der Waals surface area (Å²) >= 11 is 6.36. The average molecular weight is 321 g/mol. The largest absolute Gasteiger partial charge is 0.360 e. The molecule has 0 unspecified atom stereocenters. The Bertz CT molecular complexity index is 458. The maximum absolute atomic E-state index is 5.06. The molecule has 8 heteroatoms. The topological polar surface area (TPSA) is 63.8 Å². The lowest BCUT2D eigenvalue weighted by molar-refractivity contribution is 0.391. The summed E-state index contributed by atoms with van der Waals surface area (Å²) in [5, 5.41) is 15.8. The fourth-order valence-electron chi connectivity index (χ4n) is 0.979. The SMILES string of the molecule is CCNc1nnc(SCc2cc(Br)no2)s1. The highest BCUT2D eigenvalue weighted by atomic mass is 79.9. The van der Waals surface area contributed by atoms with Crippen molar-refractivity contribution in [2.45, 2.75) is 17.0 Å². The Kier molecular flexibility index (Phi) is 4.19. The molecule has 0 aliphatic rings. The molecule has 5 nitrogen and oxygen atoms in total. The number of nitrogens with zero attached hydrogens (tertiary/aromatic N) is 3. The Morgan fingerprint density at radius 2 is 2.44 bits per heavy atom. The van der Waals surface area contributed by atoms with Gasteiger partial charge in [0, 0.05) is 12.6 Å². The molecular weight excluding hydrogens is 312 g/mol. The lowest BCUT2D eigenvalue weighted by Gasteiger charge is -1.92. The first-order valence-corrected chi connectivity index (χ1v) is 7.18. The van der Waals surface area contributed by atoms with Crippen molar-refractivity contribution in [2.75, 3.05) is 11.9 Å². The average Bonchev–Trinajstić information content (AvgIpc) is 2.85. The van der Waals surface area contributed by atoms with Gasteiger partial charge in [-0.3, -0.25) is 0 Å². The maximum Gasteiger partial charge on any atom is 0.206 e. The van der Waals surface area contributed by atoms with Crippen LogP contribution in [0.25, 0.3) is 0 Å². The van der Waals surface area contributed by atoms with Crippen molar-refractivity contribution in [3.63, 3.8) is 0 Å². The zero-order chi connectivity index (χ0) is 11.4. The molecule has 86 valence electrons. The number of aromatic nitrogens is 3. The fourth-order valence-corrected chi connectivity index (χ4v) is 3.00. The second kappa shape index (κ2) is 5.65. The van der Waals surface area contributed by atoms with Gasteiger partial charge in [0.25, 0.3) is 0 Å². The van der Waals surface area contributed by atoms with Crippen LogP contribution in [0.15, 0.2) is 19.5 Å². The summed E-state index contributed by atoms with van der Waals surface area (Å²) in [7, 11) is 0. The molecule has 0 bridgehead atoms. The highest BCUT2D eigenvalue weighted by molar-refractivity contribution is 9.10. The minimum atomic E-state index is 0.708. The molecule has 0 aromatic carbocycles. The van der Waals surface area contributed by atoms with Gasteiger partial charge in [0.05, 0.1) is 5.75 Å². The van der Waals surface area contributed by atoms with Gasteiger partial charge in [0.1, 0.15) is 10.4 Å². The van der Waals surface area contributed by atoms with Gasteiger partial charge < -0.3 is 9.84 Å². The van der Waals surface area contributed by atoms with E-state index < -0.39 is 0 Å². The Morgan fingerprint density at radius 1 is 1.56 bits per heavy atom. The zero-order valence-corrected chi connectivity index (χ0v) is 11.7. The highest BCUT2D eigenvalue weighted by Crippen LogP contribution is 2.28. The lowest BCUT2D eigenvalue weighted by Crippen LogP contribution is -1.94. The van der Waals surface area contributed by atoms with Gasteiger partial charge >= 0.3 is 0 Å². The normalized spacial score (nSPS) is 10.6. The quantitative estimate of drug-likeness (QED) is 0.854. The third-order valence-electron chi connectivity index (χ3n) is 1.60. The van der Waals surface area contributed by atoms with E-state index in [-0.39, 0.29) is 0 Å². The summed E-state index contributed by atoms with van der Waals surface area (Å²) in [4.78, 5) is 0. The van der Waals surface area contributed by atoms with Crippen molar-refractivity contribution in [2.24, 2.45) is 0 Å². The number of thioether (sulfide) groups is 1. The standard InChI is InChI=1S/C8H9BrN4OS2/c1-2-10-7-11-12-8(16-7)15-4-5-3-6(9)13-14-5/h3H,2,4H2,1H3,(H,10,11). The number of halogens is 1. The lowest BCUT2D eigenvalue weighted by atomic mass is 10.5. The van der Waals surface area contributed by atoms with Crippen LogP contribution in [0.5, 0.6) is 0 Å². The van der Waals surface area contributed by atoms with Crippen LogP contribution in [-0.4, -0.2) is 21.9 Å². The Morgan fingerprint density at radius 3 is 3.12 bits per heavy atom. The van der Waals surface area contributed by atoms with E-state index in [1.807, 2.05) is 13.0 Å². The molecule has 0 saturated carbocycles. The summed E-state index contributed by atoms with van der Waals surface area (Å²) in [6.07, 6.45) is 0. The molecule has 2 aromatic rings. The highest BCUT2D eigenvalue weighted by Gasteiger charge is 2.07. The van der Waals surface area contributed by atoms with Gasteiger partial charge in [-0.25, -0.2) is 0 Å². The van der Waals surface area contributed by atoms with Gasteiger partial charge in [-0.2, -0.15) is 0 Å². The third-order valence-corrected chi connectivity index (χ3v) is 4.01. The van der Waals surface area contributed by atoms with Gasteiger partial charge in [0.2, 0.25) is 5.13 Å². The molecule has 2 rings (SSSR count). The van der Waals surface area contributed by atoms with E-state index in [0.29, 0.717) is 10.4 Å². The minimum absolute atomic E-state index is 0.708. The number of rotatable bonds is 5. The van der Waals surface area contributed by atoms with Crippen molar-refractivity contribution >= 4 is 44.2 Å². The Hall–Kier alpha value is -0.600. The van der Waals surface area contributed by atoms with Crippen LogP contribution in [0.3, 0.4) is 0 Å². The molecule has 0 atom stereocenters. The smallest absolute Gasteiger partial charge is 0.206 e. The molecule has 0 fully saturated rings. The van der Waals surface area contributed by atoms with E-state index in [1.165, 1.54) is 11.3 Å². The first-order chi connectivity index (χ1) is 7.78. The van der Waals surface area contributed by atoms with Crippen LogP contribution in [0.2, 0.25) is 0 Å². The number of anilines is 1.